The maximum Gasteiger partial charge on any atom is 0.125 e. The van der Waals surface area contributed by atoms with Gasteiger partial charge in [-0.2, -0.15) is 0 Å². The molecule has 0 bridgehead atoms. The van der Waals surface area contributed by atoms with Gasteiger partial charge in [0, 0.05) is 5.56 Å². The highest BCUT2D eigenvalue weighted by atomic mass is 16.5. The summed E-state index contributed by atoms with van der Waals surface area (Å²) in [4.78, 5) is 0. The molecule has 1 aromatic rings. The molecule has 2 heteroatoms. The molecule has 2 rings (SSSR count). The average Bonchev–Trinajstić information content (AvgIpc) is 2.34. The molecule has 0 atom stereocenters. The van der Waals surface area contributed by atoms with E-state index in [4.69, 9.17) is 4.74 Å². The van der Waals surface area contributed by atoms with E-state index < -0.39 is 0 Å². The van der Waals surface area contributed by atoms with Crippen LogP contribution in [-0.4, -0.2) is 12.2 Å². The summed E-state index contributed by atoms with van der Waals surface area (Å²) in [6, 6.07) is 4.00. The van der Waals surface area contributed by atoms with Crippen LogP contribution in [0.15, 0.2) is 12.1 Å². The summed E-state index contributed by atoms with van der Waals surface area (Å²) in [5.74, 6) is 1.75. The van der Waals surface area contributed by atoms with Crippen molar-refractivity contribution in [3.63, 3.8) is 0 Å². The summed E-state index contributed by atoms with van der Waals surface area (Å²) >= 11 is 0. The van der Waals surface area contributed by atoms with Gasteiger partial charge in [0.25, 0.3) is 0 Å². The highest BCUT2D eigenvalue weighted by molar-refractivity contribution is 5.49. The zero-order valence-electron chi connectivity index (χ0n) is 10.1. The van der Waals surface area contributed by atoms with Crippen LogP contribution < -0.4 is 4.74 Å². The number of hydrogen-bond donors (Lipinski definition) is 1. The predicted octanol–water partition coefficient (Wildman–Crippen LogP) is 3.76. The maximum atomic E-state index is 10.2. The van der Waals surface area contributed by atoms with E-state index in [1.165, 1.54) is 32.1 Å². The predicted molar refractivity (Wildman–Crippen MR) is 65.2 cm³/mol. The standard InChI is InChI=1S/C14H20O2/c1-10-13(16-2)9-8-12(14(10)15)11-6-4-3-5-7-11/h8-9,11,15H,3-7H2,1-2H3. The Balaban J connectivity index is 2.30. The first-order chi connectivity index (χ1) is 7.74. The van der Waals surface area contributed by atoms with Crippen LogP contribution in [0.3, 0.4) is 0 Å². The third-order valence-corrected chi connectivity index (χ3v) is 3.68. The van der Waals surface area contributed by atoms with Crippen molar-refractivity contribution in [1.29, 1.82) is 0 Å². The van der Waals surface area contributed by atoms with Gasteiger partial charge >= 0.3 is 0 Å². The molecule has 1 aliphatic rings. The minimum atomic E-state index is 0.436. The zero-order valence-corrected chi connectivity index (χ0v) is 10.1. The quantitative estimate of drug-likeness (QED) is 0.822. The van der Waals surface area contributed by atoms with Gasteiger partial charge in [0.1, 0.15) is 11.5 Å². The molecular weight excluding hydrogens is 200 g/mol. The van der Waals surface area contributed by atoms with Crippen molar-refractivity contribution < 1.29 is 9.84 Å². The Kier molecular flexibility index (Phi) is 3.37. The molecule has 1 aromatic carbocycles. The van der Waals surface area contributed by atoms with Crippen LogP contribution in [-0.2, 0) is 0 Å². The fourth-order valence-electron chi connectivity index (χ4n) is 2.67. The fraction of sp³-hybridized carbons (Fsp3) is 0.571. The molecule has 1 saturated carbocycles. The van der Waals surface area contributed by atoms with Crippen LogP contribution in [0, 0.1) is 6.92 Å². The topological polar surface area (TPSA) is 29.5 Å². The van der Waals surface area contributed by atoms with E-state index in [9.17, 15) is 5.11 Å². The summed E-state index contributed by atoms with van der Waals surface area (Å²) < 4.78 is 5.21. The molecule has 1 N–H and O–H groups in total. The Hall–Kier alpha value is -1.18. The normalized spacial score (nSPS) is 17.4. The van der Waals surface area contributed by atoms with E-state index >= 15 is 0 Å². The van der Waals surface area contributed by atoms with Gasteiger partial charge in [-0.1, -0.05) is 25.3 Å². The molecule has 0 amide bonds. The summed E-state index contributed by atoms with van der Waals surface area (Å²) in [6.07, 6.45) is 6.33. The van der Waals surface area contributed by atoms with Gasteiger partial charge in [0.05, 0.1) is 7.11 Å². The molecule has 0 aliphatic heterocycles. The highest BCUT2D eigenvalue weighted by Gasteiger charge is 2.20. The number of phenols is 1. The summed E-state index contributed by atoms with van der Waals surface area (Å²) in [6.45, 7) is 1.92. The molecule has 0 saturated heterocycles. The lowest BCUT2D eigenvalue weighted by atomic mass is 9.83. The number of rotatable bonds is 2. The van der Waals surface area contributed by atoms with Gasteiger partial charge in [-0.3, -0.25) is 0 Å². The maximum absolute atomic E-state index is 10.2. The van der Waals surface area contributed by atoms with Crippen LogP contribution in [0.2, 0.25) is 0 Å². The van der Waals surface area contributed by atoms with E-state index in [-0.39, 0.29) is 0 Å². The lowest BCUT2D eigenvalue weighted by molar-refractivity contribution is 0.391. The lowest BCUT2D eigenvalue weighted by Gasteiger charge is -2.23. The minimum Gasteiger partial charge on any atom is -0.507 e. The van der Waals surface area contributed by atoms with E-state index in [0.717, 1.165) is 16.9 Å². The van der Waals surface area contributed by atoms with Crippen LogP contribution >= 0.6 is 0 Å². The van der Waals surface area contributed by atoms with Gasteiger partial charge in [0.2, 0.25) is 0 Å². The molecule has 1 aliphatic carbocycles. The van der Waals surface area contributed by atoms with Gasteiger partial charge in [-0.05, 0) is 37.3 Å². The number of phenolic OH excluding ortho intramolecular Hbond substituents is 1. The second kappa shape index (κ2) is 4.77. The second-order valence-electron chi connectivity index (χ2n) is 4.67. The van der Waals surface area contributed by atoms with Crippen molar-refractivity contribution >= 4 is 0 Å². The largest absolute Gasteiger partial charge is 0.507 e. The molecule has 2 nitrogen and oxygen atoms in total. The van der Waals surface area contributed by atoms with E-state index in [2.05, 4.69) is 0 Å². The lowest BCUT2D eigenvalue weighted by Crippen LogP contribution is -2.05. The van der Waals surface area contributed by atoms with Crippen molar-refractivity contribution in [3.05, 3.63) is 23.3 Å². The van der Waals surface area contributed by atoms with Gasteiger partial charge in [0.15, 0.2) is 0 Å². The van der Waals surface area contributed by atoms with Crippen LogP contribution in [0.25, 0.3) is 0 Å². The Labute approximate surface area is 97.3 Å². The molecule has 16 heavy (non-hydrogen) atoms. The fourth-order valence-corrected chi connectivity index (χ4v) is 2.67. The van der Waals surface area contributed by atoms with Crippen molar-refractivity contribution in [2.45, 2.75) is 44.9 Å². The number of ether oxygens (including phenoxy) is 1. The first-order valence-electron chi connectivity index (χ1n) is 6.10. The Morgan fingerprint density at radius 3 is 2.50 bits per heavy atom. The molecule has 0 unspecified atom stereocenters. The van der Waals surface area contributed by atoms with Crippen molar-refractivity contribution in [3.8, 4) is 11.5 Å². The van der Waals surface area contributed by atoms with Crippen LogP contribution in [0.5, 0.6) is 11.5 Å². The molecule has 0 spiro atoms. The third kappa shape index (κ3) is 2.01. The average molecular weight is 220 g/mol. The highest BCUT2D eigenvalue weighted by Crippen LogP contribution is 2.40. The number of hydrogen-bond acceptors (Lipinski definition) is 2. The molecule has 0 aromatic heterocycles. The zero-order chi connectivity index (χ0) is 11.5. The summed E-state index contributed by atoms with van der Waals surface area (Å²) in [5, 5.41) is 10.2. The molecule has 0 radical (unpaired) electrons. The van der Waals surface area contributed by atoms with Crippen molar-refractivity contribution in [2.75, 3.05) is 7.11 Å². The number of methoxy groups -OCH3 is 1. The van der Waals surface area contributed by atoms with E-state index in [1.54, 1.807) is 7.11 Å². The van der Waals surface area contributed by atoms with Crippen LogP contribution in [0.1, 0.15) is 49.1 Å². The Bertz CT molecular complexity index is 365. The van der Waals surface area contributed by atoms with Gasteiger partial charge in [-0.15, -0.1) is 0 Å². The number of benzene rings is 1. The number of aromatic hydroxyl groups is 1. The Morgan fingerprint density at radius 1 is 1.19 bits per heavy atom. The smallest absolute Gasteiger partial charge is 0.125 e. The first kappa shape index (κ1) is 11.3. The SMILES string of the molecule is COc1ccc(C2CCCCC2)c(O)c1C. The van der Waals surface area contributed by atoms with Crippen LogP contribution in [0.4, 0.5) is 0 Å². The molecular formula is C14H20O2. The molecule has 0 heterocycles. The minimum absolute atomic E-state index is 0.436. The van der Waals surface area contributed by atoms with Gasteiger partial charge < -0.3 is 9.84 Å². The third-order valence-electron chi connectivity index (χ3n) is 3.68. The molecule has 1 fully saturated rings. The van der Waals surface area contributed by atoms with E-state index in [0.29, 0.717) is 11.7 Å². The van der Waals surface area contributed by atoms with Crippen molar-refractivity contribution in [2.24, 2.45) is 0 Å². The second-order valence-corrected chi connectivity index (χ2v) is 4.67. The first-order valence-corrected chi connectivity index (χ1v) is 6.10. The van der Waals surface area contributed by atoms with E-state index in [1.807, 2.05) is 19.1 Å². The molecule has 88 valence electrons. The summed E-state index contributed by atoms with van der Waals surface area (Å²) in [5.41, 5.74) is 1.98. The van der Waals surface area contributed by atoms with Gasteiger partial charge in [-0.25, -0.2) is 0 Å². The van der Waals surface area contributed by atoms with Crippen molar-refractivity contribution in [1.82, 2.24) is 0 Å². The Morgan fingerprint density at radius 2 is 1.88 bits per heavy atom. The monoisotopic (exact) mass is 220 g/mol. The summed E-state index contributed by atoms with van der Waals surface area (Å²) in [7, 11) is 1.64.